The van der Waals surface area contributed by atoms with Gasteiger partial charge in [-0.15, -0.1) is 0 Å². The summed E-state index contributed by atoms with van der Waals surface area (Å²) in [5.74, 6) is 0.438. The molecule has 0 radical (unpaired) electrons. The van der Waals surface area contributed by atoms with Gasteiger partial charge >= 0.3 is 0 Å². The van der Waals surface area contributed by atoms with E-state index in [9.17, 15) is 9.18 Å². The Balaban J connectivity index is 1.72. The lowest BCUT2D eigenvalue weighted by Gasteiger charge is -2.21. The number of ether oxygens (including phenoxy) is 1. The Hall–Kier alpha value is -1.62. The van der Waals surface area contributed by atoms with Gasteiger partial charge in [-0.05, 0) is 43.7 Å². The molecule has 5 heteroatoms. The van der Waals surface area contributed by atoms with Crippen LogP contribution >= 0.6 is 0 Å². The number of amides is 1. The van der Waals surface area contributed by atoms with Crippen molar-refractivity contribution < 1.29 is 13.9 Å². The number of hydrogen-bond acceptors (Lipinski definition) is 3. The maximum absolute atomic E-state index is 12.7. The fraction of sp³-hybridized carbons (Fsp3) is 0.500. The van der Waals surface area contributed by atoms with Gasteiger partial charge in [-0.1, -0.05) is 0 Å². The number of nitrogens with one attached hydrogen (secondary N) is 1. The van der Waals surface area contributed by atoms with Gasteiger partial charge < -0.3 is 15.0 Å². The zero-order valence-electron chi connectivity index (χ0n) is 11.1. The SMILES string of the molecule is CN(CCOc1ccc(F)cc1)C(=O)[C@@H]1CCCN1. The third-order valence-corrected chi connectivity index (χ3v) is 3.24. The fourth-order valence-corrected chi connectivity index (χ4v) is 2.10. The molecule has 1 heterocycles. The molecule has 1 aromatic rings. The molecule has 1 aromatic carbocycles. The monoisotopic (exact) mass is 266 g/mol. The topological polar surface area (TPSA) is 41.6 Å². The summed E-state index contributed by atoms with van der Waals surface area (Å²) in [6.07, 6.45) is 1.96. The van der Waals surface area contributed by atoms with Crippen LogP contribution in [0, 0.1) is 5.82 Å². The zero-order valence-corrected chi connectivity index (χ0v) is 11.1. The molecule has 1 atom stereocenters. The van der Waals surface area contributed by atoms with Crippen molar-refractivity contribution in [2.75, 3.05) is 26.7 Å². The first-order valence-electron chi connectivity index (χ1n) is 6.53. The summed E-state index contributed by atoms with van der Waals surface area (Å²) in [4.78, 5) is 13.7. The maximum Gasteiger partial charge on any atom is 0.239 e. The van der Waals surface area contributed by atoms with Crippen LogP contribution in [0.2, 0.25) is 0 Å². The van der Waals surface area contributed by atoms with E-state index in [1.807, 2.05) is 0 Å². The Bertz CT molecular complexity index is 416. The van der Waals surface area contributed by atoms with Crippen LogP contribution in [-0.2, 0) is 4.79 Å². The summed E-state index contributed by atoms with van der Waals surface area (Å²) >= 11 is 0. The predicted molar refractivity (Wildman–Crippen MR) is 70.6 cm³/mol. The van der Waals surface area contributed by atoms with E-state index in [4.69, 9.17) is 4.74 Å². The minimum absolute atomic E-state index is 0.0455. The molecule has 1 saturated heterocycles. The summed E-state index contributed by atoms with van der Waals surface area (Å²) in [6.45, 7) is 1.84. The number of likely N-dealkylation sites (N-methyl/N-ethyl adjacent to an activating group) is 1. The van der Waals surface area contributed by atoms with Gasteiger partial charge in [0.05, 0.1) is 12.6 Å². The van der Waals surface area contributed by atoms with Crippen molar-refractivity contribution in [2.45, 2.75) is 18.9 Å². The molecule has 4 nitrogen and oxygen atoms in total. The van der Waals surface area contributed by atoms with E-state index in [1.165, 1.54) is 12.1 Å². The van der Waals surface area contributed by atoms with Crippen molar-refractivity contribution in [3.05, 3.63) is 30.1 Å². The first kappa shape index (κ1) is 13.8. The molecule has 1 N–H and O–H groups in total. The van der Waals surface area contributed by atoms with Gasteiger partial charge in [-0.2, -0.15) is 0 Å². The highest BCUT2D eigenvalue weighted by molar-refractivity contribution is 5.81. The summed E-state index contributed by atoms with van der Waals surface area (Å²) in [7, 11) is 1.77. The molecule has 1 aliphatic rings. The van der Waals surface area contributed by atoms with E-state index in [2.05, 4.69) is 5.32 Å². The van der Waals surface area contributed by atoms with E-state index in [0.717, 1.165) is 19.4 Å². The van der Waals surface area contributed by atoms with E-state index in [0.29, 0.717) is 18.9 Å². The molecule has 0 spiro atoms. The maximum atomic E-state index is 12.7. The van der Waals surface area contributed by atoms with Crippen LogP contribution < -0.4 is 10.1 Å². The van der Waals surface area contributed by atoms with Crippen LogP contribution in [0.4, 0.5) is 4.39 Å². The average Bonchev–Trinajstić information content (AvgIpc) is 2.94. The van der Waals surface area contributed by atoms with Crippen LogP contribution in [0.3, 0.4) is 0 Å². The molecule has 104 valence electrons. The van der Waals surface area contributed by atoms with Crippen molar-refractivity contribution in [3.8, 4) is 5.75 Å². The molecule has 0 bridgehead atoms. The second-order valence-corrected chi connectivity index (χ2v) is 4.71. The van der Waals surface area contributed by atoms with Crippen LogP contribution in [0.15, 0.2) is 24.3 Å². The van der Waals surface area contributed by atoms with Gasteiger partial charge in [0.25, 0.3) is 0 Å². The Morgan fingerprint density at radius 1 is 1.47 bits per heavy atom. The minimum Gasteiger partial charge on any atom is -0.492 e. The molecule has 2 rings (SSSR count). The summed E-state index contributed by atoms with van der Waals surface area (Å²) in [5, 5.41) is 3.18. The van der Waals surface area contributed by atoms with Gasteiger partial charge in [0, 0.05) is 7.05 Å². The Labute approximate surface area is 112 Å². The molecular formula is C14H19FN2O2. The summed E-state index contributed by atoms with van der Waals surface area (Å²) < 4.78 is 18.2. The Kier molecular flexibility index (Phi) is 4.74. The van der Waals surface area contributed by atoms with Gasteiger partial charge in [-0.25, -0.2) is 4.39 Å². The Morgan fingerprint density at radius 2 is 2.21 bits per heavy atom. The van der Waals surface area contributed by atoms with Crippen molar-refractivity contribution in [1.82, 2.24) is 10.2 Å². The van der Waals surface area contributed by atoms with Crippen molar-refractivity contribution in [2.24, 2.45) is 0 Å². The largest absolute Gasteiger partial charge is 0.492 e. The van der Waals surface area contributed by atoms with Crippen molar-refractivity contribution >= 4 is 5.91 Å². The molecular weight excluding hydrogens is 247 g/mol. The summed E-state index contributed by atoms with van der Waals surface area (Å²) in [6, 6.07) is 5.82. The second kappa shape index (κ2) is 6.52. The molecule has 0 saturated carbocycles. The molecule has 0 aromatic heterocycles. The molecule has 1 aliphatic heterocycles. The van der Waals surface area contributed by atoms with E-state index >= 15 is 0 Å². The van der Waals surface area contributed by atoms with Crippen molar-refractivity contribution in [1.29, 1.82) is 0 Å². The number of halogens is 1. The quantitative estimate of drug-likeness (QED) is 0.876. The fourth-order valence-electron chi connectivity index (χ4n) is 2.10. The lowest BCUT2D eigenvalue weighted by atomic mass is 10.2. The van der Waals surface area contributed by atoms with Crippen LogP contribution in [0.5, 0.6) is 5.75 Å². The van der Waals surface area contributed by atoms with Crippen LogP contribution in [-0.4, -0.2) is 43.6 Å². The number of benzene rings is 1. The molecule has 0 aliphatic carbocycles. The first-order valence-corrected chi connectivity index (χ1v) is 6.53. The molecule has 1 fully saturated rings. The number of carbonyl (C=O) groups is 1. The summed E-state index contributed by atoms with van der Waals surface area (Å²) in [5.41, 5.74) is 0. The first-order chi connectivity index (χ1) is 9.16. The highest BCUT2D eigenvalue weighted by Gasteiger charge is 2.24. The van der Waals surface area contributed by atoms with Crippen LogP contribution in [0.1, 0.15) is 12.8 Å². The van der Waals surface area contributed by atoms with E-state index in [1.54, 1.807) is 24.1 Å². The third kappa shape index (κ3) is 3.92. The van der Waals surface area contributed by atoms with Gasteiger partial charge in [0.1, 0.15) is 18.2 Å². The number of hydrogen-bond donors (Lipinski definition) is 1. The highest BCUT2D eigenvalue weighted by Crippen LogP contribution is 2.11. The van der Waals surface area contributed by atoms with Gasteiger partial charge in [0.2, 0.25) is 5.91 Å². The third-order valence-electron chi connectivity index (χ3n) is 3.24. The lowest BCUT2D eigenvalue weighted by molar-refractivity contribution is -0.132. The normalized spacial score (nSPS) is 18.3. The smallest absolute Gasteiger partial charge is 0.239 e. The standard InChI is InChI=1S/C14H19FN2O2/c1-17(14(18)13-3-2-8-16-13)9-10-19-12-6-4-11(15)5-7-12/h4-7,13,16H,2-3,8-10H2,1H3/t13-/m0/s1. The van der Waals surface area contributed by atoms with E-state index in [-0.39, 0.29) is 17.8 Å². The average molecular weight is 266 g/mol. The number of rotatable bonds is 5. The number of nitrogens with zero attached hydrogens (tertiary/aromatic N) is 1. The van der Waals surface area contributed by atoms with E-state index < -0.39 is 0 Å². The van der Waals surface area contributed by atoms with Gasteiger partial charge in [0.15, 0.2) is 0 Å². The van der Waals surface area contributed by atoms with Gasteiger partial charge in [-0.3, -0.25) is 4.79 Å². The van der Waals surface area contributed by atoms with Crippen molar-refractivity contribution in [3.63, 3.8) is 0 Å². The minimum atomic E-state index is -0.285. The molecule has 19 heavy (non-hydrogen) atoms. The number of carbonyl (C=O) groups excluding carboxylic acids is 1. The Morgan fingerprint density at radius 3 is 2.84 bits per heavy atom. The molecule has 0 unspecified atom stereocenters. The zero-order chi connectivity index (χ0) is 13.7. The molecule has 1 amide bonds. The lowest BCUT2D eigenvalue weighted by Crippen LogP contribution is -2.43. The predicted octanol–water partition coefficient (Wildman–Crippen LogP) is 1.41. The van der Waals surface area contributed by atoms with Crippen LogP contribution in [0.25, 0.3) is 0 Å². The second-order valence-electron chi connectivity index (χ2n) is 4.71. The highest BCUT2D eigenvalue weighted by atomic mass is 19.1.